The number of halogens is 1. The number of hydrogen-bond acceptors (Lipinski definition) is 3. The molecule has 2 N–H and O–H groups in total. The summed E-state index contributed by atoms with van der Waals surface area (Å²) in [7, 11) is 0. The molecule has 0 aliphatic rings. The van der Waals surface area contributed by atoms with Gasteiger partial charge in [-0.15, -0.1) is 0 Å². The zero-order valence-corrected chi connectivity index (χ0v) is 12.8. The second-order valence-electron chi connectivity index (χ2n) is 4.32. The standard InChI is InChI=1S/C16H18BrNO2/c17-16-8-7-15(11-13(16)12-18)20-10-4-9-19-14-5-2-1-3-6-14/h1-3,5-8,11H,4,9-10,12,18H2. The maximum absolute atomic E-state index is 5.69. The minimum Gasteiger partial charge on any atom is -0.493 e. The second kappa shape index (κ2) is 7.92. The highest BCUT2D eigenvalue weighted by atomic mass is 79.9. The number of para-hydroxylation sites is 1. The van der Waals surface area contributed by atoms with Crippen molar-refractivity contribution in [2.45, 2.75) is 13.0 Å². The summed E-state index contributed by atoms with van der Waals surface area (Å²) in [5, 5.41) is 0. The zero-order valence-electron chi connectivity index (χ0n) is 11.2. The molecule has 0 amide bonds. The van der Waals surface area contributed by atoms with Gasteiger partial charge in [0.1, 0.15) is 11.5 Å². The Hall–Kier alpha value is -1.52. The van der Waals surface area contributed by atoms with E-state index in [2.05, 4.69) is 15.9 Å². The lowest BCUT2D eigenvalue weighted by molar-refractivity contribution is 0.247. The molecule has 0 aliphatic carbocycles. The topological polar surface area (TPSA) is 44.5 Å². The lowest BCUT2D eigenvalue weighted by Crippen LogP contribution is -2.05. The molecule has 0 spiro atoms. The van der Waals surface area contributed by atoms with Gasteiger partial charge in [-0.2, -0.15) is 0 Å². The van der Waals surface area contributed by atoms with Crippen LogP contribution in [0, 0.1) is 0 Å². The highest BCUT2D eigenvalue weighted by Gasteiger charge is 2.01. The summed E-state index contributed by atoms with van der Waals surface area (Å²) >= 11 is 3.45. The van der Waals surface area contributed by atoms with Crippen LogP contribution in [0.2, 0.25) is 0 Å². The molecule has 0 unspecified atom stereocenters. The first-order chi connectivity index (χ1) is 9.79. The second-order valence-corrected chi connectivity index (χ2v) is 5.18. The number of benzene rings is 2. The lowest BCUT2D eigenvalue weighted by Gasteiger charge is -2.09. The van der Waals surface area contributed by atoms with Crippen molar-refractivity contribution in [1.82, 2.24) is 0 Å². The Morgan fingerprint density at radius 3 is 2.30 bits per heavy atom. The molecule has 0 saturated carbocycles. The van der Waals surface area contributed by atoms with Gasteiger partial charge in [-0.05, 0) is 35.9 Å². The van der Waals surface area contributed by atoms with Gasteiger partial charge < -0.3 is 15.2 Å². The van der Waals surface area contributed by atoms with Gasteiger partial charge in [0, 0.05) is 17.4 Å². The molecule has 0 heterocycles. The first kappa shape index (κ1) is 14.9. The number of rotatable bonds is 7. The van der Waals surface area contributed by atoms with Gasteiger partial charge in [0.2, 0.25) is 0 Å². The van der Waals surface area contributed by atoms with Gasteiger partial charge >= 0.3 is 0 Å². The van der Waals surface area contributed by atoms with Crippen LogP contribution >= 0.6 is 15.9 Å². The minimum atomic E-state index is 0.495. The van der Waals surface area contributed by atoms with Gasteiger partial charge in [-0.25, -0.2) is 0 Å². The number of nitrogens with two attached hydrogens (primary N) is 1. The van der Waals surface area contributed by atoms with E-state index in [1.54, 1.807) is 0 Å². The fourth-order valence-electron chi connectivity index (χ4n) is 1.75. The van der Waals surface area contributed by atoms with E-state index in [4.69, 9.17) is 15.2 Å². The van der Waals surface area contributed by atoms with E-state index in [0.717, 1.165) is 28.0 Å². The maximum Gasteiger partial charge on any atom is 0.119 e. The van der Waals surface area contributed by atoms with Crippen LogP contribution in [0.1, 0.15) is 12.0 Å². The zero-order chi connectivity index (χ0) is 14.2. The van der Waals surface area contributed by atoms with Crippen LogP contribution in [0.3, 0.4) is 0 Å². The molecule has 2 aromatic carbocycles. The van der Waals surface area contributed by atoms with E-state index in [1.165, 1.54) is 0 Å². The third kappa shape index (κ3) is 4.54. The molecule has 3 nitrogen and oxygen atoms in total. The summed E-state index contributed by atoms with van der Waals surface area (Å²) in [4.78, 5) is 0. The van der Waals surface area contributed by atoms with E-state index in [0.29, 0.717) is 19.8 Å². The fourth-order valence-corrected chi connectivity index (χ4v) is 2.16. The monoisotopic (exact) mass is 335 g/mol. The highest BCUT2D eigenvalue weighted by molar-refractivity contribution is 9.10. The normalized spacial score (nSPS) is 10.3. The fraction of sp³-hybridized carbons (Fsp3) is 0.250. The molecule has 0 saturated heterocycles. The molecular weight excluding hydrogens is 318 g/mol. The molecule has 0 radical (unpaired) electrons. The predicted molar refractivity (Wildman–Crippen MR) is 84.1 cm³/mol. The molecule has 2 aromatic rings. The van der Waals surface area contributed by atoms with Crippen molar-refractivity contribution in [3.8, 4) is 11.5 Å². The van der Waals surface area contributed by atoms with Gasteiger partial charge in [0.25, 0.3) is 0 Å². The van der Waals surface area contributed by atoms with Crippen molar-refractivity contribution in [1.29, 1.82) is 0 Å². The molecule has 106 valence electrons. The van der Waals surface area contributed by atoms with Gasteiger partial charge in [0.15, 0.2) is 0 Å². The van der Waals surface area contributed by atoms with Gasteiger partial charge in [-0.3, -0.25) is 0 Å². The van der Waals surface area contributed by atoms with E-state index < -0.39 is 0 Å². The minimum absolute atomic E-state index is 0.495. The summed E-state index contributed by atoms with van der Waals surface area (Å²) in [5.74, 6) is 1.73. The Balaban J connectivity index is 1.71. The highest BCUT2D eigenvalue weighted by Crippen LogP contribution is 2.22. The molecule has 20 heavy (non-hydrogen) atoms. The molecule has 0 atom stereocenters. The van der Waals surface area contributed by atoms with Crippen LogP contribution in [-0.4, -0.2) is 13.2 Å². The summed E-state index contributed by atoms with van der Waals surface area (Å²) in [6.07, 6.45) is 0.836. The van der Waals surface area contributed by atoms with Crippen LogP contribution in [0.15, 0.2) is 53.0 Å². The number of hydrogen-bond donors (Lipinski definition) is 1. The van der Waals surface area contributed by atoms with Crippen molar-refractivity contribution >= 4 is 15.9 Å². The van der Waals surface area contributed by atoms with Crippen molar-refractivity contribution in [3.63, 3.8) is 0 Å². The van der Waals surface area contributed by atoms with Crippen LogP contribution < -0.4 is 15.2 Å². The first-order valence-electron chi connectivity index (χ1n) is 6.59. The Morgan fingerprint density at radius 1 is 0.900 bits per heavy atom. The largest absolute Gasteiger partial charge is 0.493 e. The first-order valence-corrected chi connectivity index (χ1v) is 7.38. The van der Waals surface area contributed by atoms with E-state index in [1.807, 2.05) is 48.5 Å². The van der Waals surface area contributed by atoms with Crippen molar-refractivity contribution in [2.24, 2.45) is 5.73 Å². The average molecular weight is 336 g/mol. The van der Waals surface area contributed by atoms with E-state index in [-0.39, 0.29) is 0 Å². The summed E-state index contributed by atoms with van der Waals surface area (Å²) in [6, 6.07) is 15.6. The third-order valence-electron chi connectivity index (χ3n) is 2.81. The predicted octanol–water partition coefficient (Wildman–Crippen LogP) is 3.76. The SMILES string of the molecule is NCc1cc(OCCCOc2ccccc2)ccc1Br. The molecule has 4 heteroatoms. The third-order valence-corrected chi connectivity index (χ3v) is 3.58. The van der Waals surface area contributed by atoms with Gasteiger partial charge in [-0.1, -0.05) is 34.1 Å². The maximum atomic E-state index is 5.69. The molecular formula is C16H18BrNO2. The van der Waals surface area contributed by atoms with E-state index in [9.17, 15) is 0 Å². The van der Waals surface area contributed by atoms with Crippen LogP contribution in [0.4, 0.5) is 0 Å². The van der Waals surface area contributed by atoms with Crippen molar-refractivity contribution in [2.75, 3.05) is 13.2 Å². The molecule has 0 fully saturated rings. The Bertz CT molecular complexity index is 531. The quantitative estimate of drug-likeness (QED) is 0.783. The Kier molecular flexibility index (Phi) is 5.89. The molecule has 0 bridgehead atoms. The van der Waals surface area contributed by atoms with Crippen molar-refractivity contribution in [3.05, 3.63) is 58.6 Å². The average Bonchev–Trinajstić information content (AvgIpc) is 2.49. The summed E-state index contributed by atoms with van der Waals surface area (Å²) < 4.78 is 12.3. The Labute approximate surface area is 127 Å². The summed E-state index contributed by atoms with van der Waals surface area (Å²) in [6.45, 7) is 1.76. The van der Waals surface area contributed by atoms with Crippen LogP contribution in [-0.2, 0) is 6.54 Å². The van der Waals surface area contributed by atoms with Crippen LogP contribution in [0.5, 0.6) is 11.5 Å². The lowest BCUT2D eigenvalue weighted by atomic mass is 10.2. The smallest absolute Gasteiger partial charge is 0.119 e. The van der Waals surface area contributed by atoms with Crippen molar-refractivity contribution < 1.29 is 9.47 Å². The van der Waals surface area contributed by atoms with E-state index >= 15 is 0 Å². The summed E-state index contributed by atoms with van der Waals surface area (Å²) in [5.41, 5.74) is 6.70. The van der Waals surface area contributed by atoms with Gasteiger partial charge in [0.05, 0.1) is 13.2 Å². The molecule has 0 aliphatic heterocycles. The Morgan fingerprint density at radius 2 is 1.60 bits per heavy atom. The van der Waals surface area contributed by atoms with Crippen LogP contribution in [0.25, 0.3) is 0 Å². The number of ether oxygens (including phenoxy) is 2. The molecule has 2 rings (SSSR count). The molecule has 0 aromatic heterocycles.